The Morgan fingerprint density at radius 2 is 1.19 bits per heavy atom. The highest BCUT2D eigenvalue weighted by Gasteiger charge is 2.36. The van der Waals surface area contributed by atoms with Gasteiger partial charge in [0, 0.05) is 37.9 Å². The lowest BCUT2D eigenvalue weighted by Gasteiger charge is -2.22. The van der Waals surface area contributed by atoms with Gasteiger partial charge >= 0.3 is 0 Å². The SMILES string of the molecule is CC1(C)c2cc(C#N)ccc2-c2ccc(-c3ccc4c(c3)nc(-c3ccccc3)c3c5ccccc5c5c(oc6ccc7ccccc7c65)c43)cc21. The van der Waals surface area contributed by atoms with E-state index in [0.717, 1.165) is 71.4 Å². The summed E-state index contributed by atoms with van der Waals surface area (Å²) in [5.74, 6) is 0. The molecule has 2 aromatic heterocycles. The van der Waals surface area contributed by atoms with Crippen molar-refractivity contribution in [2.75, 3.05) is 0 Å². The van der Waals surface area contributed by atoms with Gasteiger partial charge in [-0.05, 0) is 85.3 Å². The molecular formula is C49H30N2O. The Kier molecular flexibility index (Phi) is 5.80. The molecule has 0 N–H and O–H groups in total. The zero-order valence-corrected chi connectivity index (χ0v) is 28.7. The van der Waals surface area contributed by atoms with Crippen molar-refractivity contribution in [2.24, 2.45) is 0 Å². The van der Waals surface area contributed by atoms with E-state index in [1.807, 2.05) is 6.07 Å². The minimum absolute atomic E-state index is 0.225. The third-order valence-electron chi connectivity index (χ3n) is 11.4. The largest absolute Gasteiger partial charge is 0.455 e. The maximum Gasteiger partial charge on any atom is 0.144 e. The molecule has 3 heteroatoms. The molecule has 0 fully saturated rings. The van der Waals surface area contributed by atoms with E-state index in [9.17, 15) is 5.26 Å². The van der Waals surface area contributed by atoms with Crippen molar-refractivity contribution in [3.8, 4) is 39.6 Å². The first kappa shape index (κ1) is 29.0. The predicted octanol–water partition coefficient (Wildman–Crippen LogP) is 13.1. The van der Waals surface area contributed by atoms with Gasteiger partial charge in [-0.15, -0.1) is 0 Å². The van der Waals surface area contributed by atoms with Gasteiger partial charge in [-0.3, -0.25) is 0 Å². The van der Waals surface area contributed by atoms with E-state index in [4.69, 9.17) is 9.40 Å². The molecule has 0 amide bonds. The van der Waals surface area contributed by atoms with E-state index in [1.54, 1.807) is 0 Å². The first-order valence-corrected chi connectivity index (χ1v) is 17.8. The van der Waals surface area contributed by atoms with E-state index in [-0.39, 0.29) is 5.41 Å². The number of pyridine rings is 1. The van der Waals surface area contributed by atoms with Crippen LogP contribution in [0.3, 0.4) is 0 Å². The molecule has 0 saturated carbocycles. The maximum absolute atomic E-state index is 9.62. The van der Waals surface area contributed by atoms with Crippen LogP contribution in [-0.4, -0.2) is 4.98 Å². The fourth-order valence-electron chi connectivity index (χ4n) is 8.96. The summed E-state index contributed by atoms with van der Waals surface area (Å²) in [6, 6.07) is 54.0. The number of benzene rings is 8. The monoisotopic (exact) mass is 662 g/mol. The van der Waals surface area contributed by atoms with Gasteiger partial charge in [-0.25, -0.2) is 4.98 Å². The summed E-state index contributed by atoms with van der Waals surface area (Å²) in [5, 5.41) is 19.9. The smallest absolute Gasteiger partial charge is 0.144 e. The fraction of sp³-hybridized carbons (Fsp3) is 0.0612. The standard InChI is InChI=1S/C49H30N2O/c1-49(2)39-24-28(27-50)16-20-34(39)35-21-17-31(25-40(35)49)32-18-22-38-41(26-32)51-47(30-11-4-3-5-12-30)44-36-14-8-9-15-37(36)45-43-33-13-7-6-10-29(33)19-23-42(43)52-48(45)46(38)44/h3-26H,1-2H3. The Morgan fingerprint density at radius 3 is 2.00 bits per heavy atom. The Balaban J connectivity index is 1.23. The average Bonchev–Trinajstić information content (AvgIpc) is 3.70. The Bertz CT molecular complexity index is 3220. The molecule has 0 bridgehead atoms. The van der Waals surface area contributed by atoms with Crippen LogP contribution in [0.2, 0.25) is 0 Å². The average molecular weight is 663 g/mol. The van der Waals surface area contributed by atoms with Gasteiger partial charge in [-0.2, -0.15) is 5.26 Å². The lowest BCUT2D eigenvalue weighted by molar-refractivity contribution is 0.660. The van der Waals surface area contributed by atoms with Crippen molar-refractivity contribution in [1.82, 2.24) is 4.98 Å². The van der Waals surface area contributed by atoms with Crippen LogP contribution in [0, 0.1) is 11.3 Å². The molecule has 3 nitrogen and oxygen atoms in total. The molecule has 0 saturated heterocycles. The number of rotatable bonds is 2. The van der Waals surface area contributed by atoms with Crippen LogP contribution in [0.5, 0.6) is 0 Å². The summed E-state index contributed by atoms with van der Waals surface area (Å²) in [6.07, 6.45) is 0. The van der Waals surface area contributed by atoms with Crippen molar-refractivity contribution in [1.29, 1.82) is 5.26 Å². The van der Waals surface area contributed by atoms with Crippen LogP contribution >= 0.6 is 0 Å². The maximum atomic E-state index is 9.62. The van der Waals surface area contributed by atoms with Crippen molar-refractivity contribution < 1.29 is 4.42 Å². The molecule has 10 aromatic rings. The predicted molar refractivity (Wildman–Crippen MR) is 215 cm³/mol. The molecule has 1 aliphatic carbocycles. The van der Waals surface area contributed by atoms with Crippen molar-refractivity contribution in [3.63, 3.8) is 0 Å². The second-order valence-corrected chi connectivity index (χ2v) is 14.6. The van der Waals surface area contributed by atoms with Crippen molar-refractivity contribution in [3.05, 3.63) is 162 Å². The van der Waals surface area contributed by atoms with Gasteiger partial charge in [0.25, 0.3) is 0 Å². The summed E-state index contributed by atoms with van der Waals surface area (Å²) in [4.78, 5) is 5.50. The van der Waals surface area contributed by atoms with Crippen LogP contribution in [-0.2, 0) is 5.41 Å². The van der Waals surface area contributed by atoms with Gasteiger partial charge in [0.2, 0.25) is 0 Å². The second-order valence-electron chi connectivity index (χ2n) is 14.6. The van der Waals surface area contributed by atoms with Crippen molar-refractivity contribution >= 4 is 65.2 Å². The minimum atomic E-state index is -0.225. The first-order chi connectivity index (χ1) is 25.5. The van der Waals surface area contributed by atoms with Crippen LogP contribution in [0.15, 0.2) is 150 Å². The highest BCUT2D eigenvalue weighted by atomic mass is 16.3. The zero-order valence-electron chi connectivity index (χ0n) is 28.7. The van der Waals surface area contributed by atoms with Gasteiger partial charge in [0.05, 0.1) is 22.8 Å². The van der Waals surface area contributed by atoms with Gasteiger partial charge in [-0.1, -0.05) is 129 Å². The van der Waals surface area contributed by atoms with Crippen LogP contribution in [0.4, 0.5) is 0 Å². The number of aromatic nitrogens is 1. The molecule has 0 unspecified atom stereocenters. The van der Waals surface area contributed by atoms with Gasteiger partial charge in [0.15, 0.2) is 0 Å². The third kappa shape index (κ3) is 3.87. The molecule has 0 radical (unpaired) electrons. The molecule has 2 heterocycles. The normalized spacial score (nSPS) is 13.3. The molecule has 1 aliphatic rings. The van der Waals surface area contributed by atoms with E-state index in [1.165, 1.54) is 38.4 Å². The van der Waals surface area contributed by atoms with Crippen molar-refractivity contribution in [2.45, 2.75) is 19.3 Å². The van der Waals surface area contributed by atoms with E-state index in [0.29, 0.717) is 5.56 Å². The molecule has 52 heavy (non-hydrogen) atoms. The summed E-state index contributed by atoms with van der Waals surface area (Å²) < 4.78 is 6.97. The molecule has 0 atom stereocenters. The molecule has 11 rings (SSSR count). The first-order valence-electron chi connectivity index (χ1n) is 17.8. The lowest BCUT2D eigenvalue weighted by atomic mass is 9.81. The number of nitriles is 1. The summed E-state index contributed by atoms with van der Waals surface area (Å²) in [5.41, 5.74) is 12.4. The molecule has 0 aliphatic heterocycles. The number of hydrogen-bond donors (Lipinski definition) is 0. The van der Waals surface area contributed by atoms with Crippen LogP contribution in [0.1, 0.15) is 30.5 Å². The van der Waals surface area contributed by atoms with Gasteiger partial charge in [0.1, 0.15) is 11.2 Å². The Morgan fingerprint density at radius 1 is 0.538 bits per heavy atom. The number of fused-ring (bicyclic) bond motifs is 15. The minimum Gasteiger partial charge on any atom is -0.455 e. The second kappa shape index (κ2) is 10.4. The third-order valence-corrected chi connectivity index (χ3v) is 11.4. The molecular weight excluding hydrogens is 633 g/mol. The summed E-state index contributed by atoms with van der Waals surface area (Å²) in [6.45, 7) is 4.52. The van der Waals surface area contributed by atoms with E-state index in [2.05, 4.69) is 159 Å². The Labute approximate surface area is 300 Å². The highest BCUT2D eigenvalue weighted by molar-refractivity contribution is 6.38. The molecule has 8 aromatic carbocycles. The van der Waals surface area contributed by atoms with Crippen LogP contribution in [0.25, 0.3) is 98.7 Å². The molecule has 242 valence electrons. The Hall–Kier alpha value is -6.76. The molecule has 0 spiro atoms. The van der Waals surface area contributed by atoms with Gasteiger partial charge < -0.3 is 4.42 Å². The summed E-state index contributed by atoms with van der Waals surface area (Å²) in [7, 11) is 0. The topological polar surface area (TPSA) is 49.8 Å². The van der Waals surface area contributed by atoms with E-state index < -0.39 is 0 Å². The summed E-state index contributed by atoms with van der Waals surface area (Å²) >= 11 is 0. The zero-order chi connectivity index (χ0) is 34.7. The van der Waals surface area contributed by atoms with Crippen LogP contribution < -0.4 is 0 Å². The fourth-order valence-corrected chi connectivity index (χ4v) is 8.96. The quantitative estimate of drug-likeness (QED) is 0.173. The van der Waals surface area contributed by atoms with E-state index >= 15 is 0 Å². The number of hydrogen-bond acceptors (Lipinski definition) is 3. The highest BCUT2D eigenvalue weighted by Crippen LogP contribution is 2.51. The lowest BCUT2D eigenvalue weighted by Crippen LogP contribution is -2.15. The number of furan rings is 1. The number of nitrogens with zero attached hydrogens (tertiary/aromatic N) is 2.